The van der Waals surface area contributed by atoms with Crippen LogP contribution in [0.4, 0.5) is 24.7 Å². The Balaban J connectivity index is 0.000000336. The Morgan fingerprint density at radius 2 is 1.48 bits per heavy atom. The maximum atomic E-state index is 14.3. The molecule has 0 aliphatic rings. The molecule has 4 aromatic rings. The monoisotopic (exact) mass is 586 g/mol. The van der Waals surface area contributed by atoms with E-state index in [1.165, 1.54) is 72.9 Å². The average Bonchev–Trinajstić information content (AvgIpc) is 2.88. The third-order valence-electron chi connectivity index (χ3n) is 4.96. The molecule has 3 aromatic carbocycles. The van der Waals surface area contributed by atoms with Gasteiger partial charge >= 0.3 is 0 Å². The number of nitrogens with two attached hydrogens (primary N) is 1. The van der Waals surface area contributed by atoms with E-state index in [0.29, 0.717) is 17.0 Å². The van der Waals surface area contributed by atoms with Crippen molar-refractivity contribution in [1.82, 2.24) is 10.3 Å². The van der Waals surface area contributed by atoms with Crippen molar-refractivity contribution in [1.29, 1.82) is 0 Å². The molecule has 0 unspecified atom stereocenters. The number of nitrogen functional groups attached to an aromatic ring is 1. The Bertz CT molecular complexity index is 1490. The van der Waals surface area contributed by atoms with Gasteiger partial charge in [0.1, 0.15) is 23.2 Å². The number of rotatable bonds is 7. The van der Waals surface area contributed by atoms with Crippen molar-refractivity contribution < 1.29 is 27.5 Å². The van der Waals surface area contributed by atoms with Gasteiger partial charge in [-0.05, 0) is 77.4 Å². The minimum Gasteiger partial charge on any atom is -0.454 e. The van der Waals surface area contributed by atoms with E-state index in [9.17, 15) is 22.8 Å². The van der Waals surface area contributed by atoms with Crippen molar-refractivity contribution >= 4 is 51.6 Å². The summed E-state index contributed by atoms with van der Waals surface area (Å²) in [4.78, 5) is 26.2. The van der Waals surface area contributed by atoms with Crippen LogP contribution in [0.3, 0.4) is 0 Å². The average molecular weight is 587 g/mol. The fourth-order valence-electron chi connectivity index (χ4n) is 3.16. The van der Waals surface area contributed by atoms with Crippen LogP contribution < -0.4 is 21.1 Å². The first-order valence-corrected chi connectivity index (χ1v) is 12.3. The Morgan fingerprint density at radius 3 is 2.02 bits per heavy atom. The van der Waals surface area contributed by atoms with Gasteiger partial charge in [0.15, 0.2) is 16.7 Å². The van der Waals surface area contributed by atoms with Gasteiger partial charge in [0.05, 0.1) is 6.42 Å². The van der Waals surface area contributed by atoms with Gasteiger partial charge in [-0.15, -0.1) is 0 Å². The largest absolute Gasteiger partial charge is 0.454 e. The van der Waals surface area contributed by atoms with Crippen molar-refractivity contribution in [2.75, 3.05) is 11.1 Å². The molecule has 4 N–H and O–H groups in total. The van der Waals surface area contributed by atoms with E-state index in [1.807, 2.05) is 0 Å². The molecule has 206 valence electrons. The number of thiocarbonyl (C=S) groups is 1. The lowest BCUT2D eigenvalue weighted by atomic mass is 10.1. The highest BCUT2D eigenvalue weighted by Gasteiger charge is 2.10. The normalized spacial score (nSPS) is 10.1. The lowest BCUT2D eigenvalue weighted by Crippen LogP contribution is -2.35. The predicted molar refractivity (Wildman–Crippen MR) is 151 cm³/mol. The van der Waals surface area contributed by atoms with Crippen LogP contribution in [0.5, 0.6) is 11.5 Å². The Morgan fingerprint density at radius 1 is 0.875 bits per heavy atom. The first-order chi connectivity index (χ1) is 19.1. The number of nitrogens with zero attached hydrogens (tertiary/aromatic N) is 1. The molecule has 0 fully saturated rings. The zero-order valence-corrected chi connectivity index (χ0v) is 22.2. The summed E-state index contributed by atoms with van der Waals surface area (Å²) in [5.74, 6) is -1.12. The fraction of sp³-hybridized carbons (Fsp3) is 0.0714. The summed E-state index contributed by atoms with van der Waals surface area (Å²) in [6.45, 7) is 0. The number of anilines is 2. The van der Waals surface area contributed by atoms with Gasteiger partial charge in [0, 0.05) is 30.4 Å². The standard InChI is InChI=1S/C20H16F2N4O2S.C8H6ClFO/c21-13-3-1-12(2-4-13)9-19(27)26-20(29)25-14-5-6-17(16(22)10-14)28-15-7-8-24-18(23)11-15;9-8(11)5-6-1-3-7(10)4-2-6/h1-8,10-11H,9H2,(H2,23,24)(H2,25,26,27,29);1-4H,5H2. The molecule has 4 rings (SSSR count). The lowest BCUT2D eigenvalue weighted by molar-refractivity contribution is -0.119. The van der Waals surface area contributed by atoms with Crippen molar-refractivity contribution in [2.45, 2.75) is 12.8 Å². The molecular formula is C28H22ClF3N4O3S. The Labute approximate surface area is 238 Å². The van der Waals surface area contributed by atoms with Crippen LogP contribution in [-0.2, 0) is 22.4 Å². The summed E-state index contributed by atoms with van der Waals surface area (Å²) in [5, 5.41) is 4.78. The molecule has 0 radical (unpaired) electrons. The van der Waals surface area contributed by atoms with Crippen LogP contribution in [0.25, 0.3) is 0 Å². The third kappa shape index (κ3) is 10.4. The second-order valence-corrected chi connectivity index (χ2v) is 8.96. The van der Waals surface area contributed by atoms with Gasteiger partial charge in [-0.2, -0.15) is 0 Å². The number of hydrogen-bond donors (Lipinski definition) is 3. The van der Waals surface area contributed by atoms with Gasteiger partial charge in [-0.3, -0.25) is 9.59 Å². The highest BCUT2D eigenvalue weighted by atomic mass is 35.5. The van der Waals surface area contributed by atoms with Crippen LogP contribution in [0, 0.1) is 17.5 Å². The van der Waals surface area contributed by atoms with Crippen molar-refractivity contribution in [3.63, 3.8) is 0 Å². The molecule has 0 aliphatic carbocycles. The second kappa shape index (κ2) is 14.6. The van der Waals surface area contributed by atoms with Crippen LogP contribution in [0.1, 0.15) is 11.1 Å². The van der Waals surface area contributed by atoms with Crippen LogP contribution in [0.2, 0.25) is 0 Å². The molecule has 1 amide bonds. The number of pyridine rings is 1. The van der Waals surface area contributed by atoms with Gasteiger partial charge in [0.2, 0.25) is 11.1 Å². The summed E-state index contributed by atoms with van der Waals surface area (Å²) >= 11 is 10.2. The van der Waals surface area contributed by atoms with Crippen molar-refractivity contribution in [2.24, 2.45) is 0 Å². The van der Waals surface area contributed by atoms with Gasteiger partial charge in [-0.25, -0.2) is 18.2 Å². The molecule has 0 saturated carbocycles. The molecule has 0 bridgehead atoms. The van der Waals surface area contributed by atoms with E-state index in [-0.39, 0.29) is 47.1 Å². The highest BCUT2D eigenvalue weighted by Crippen LogP contribution is 2.27. The number of aromatic nitrogens is 1. The minimum absolute atomic E-state index is 0.00656. The minimum atomic E-state index is -0.633. The maximum absolute atomic E-state index is 14.3. The number of carbonyl (C=O) groups excluding carboxylic acids is 2. The van der Waals surface area contributed by atoms with Crippen molar-refractivity contribution in [3.8, 4) is 11.5 Å². The molecular weight excluding hydrogens is 565 g/mol. The number of hydrogen-bond acceptors (Lipinski definition) is 6. The van der Waals surface area contributed by atoms with E-state index in [0.717, 1.165) is 5.56 Å². The number of halogens is 4. The van der Waals surface area contributed by atoms with Gasteiger partial charge in [0.25, 0.3) is 0 Å². The van der Waals surface area contributed by atoms with E-state index < -0.39 is 11.1 Å². The molecule has 1 heterocycles. The first kappa shape index (κ1) is 30.1. The molecule has 40 heavy (non-hydrogen) atoms. The highest BCUT2D eigenvalue weighted by molar-refractivity contribution is 7.80. The van der Waals surface area contributed by atoms with Gasteiger partial charge < -0.3 is 21.1 Å². The second-order valence-electron chi connectivity index (χ2n) is 8.13. The Kier molecular flexibility index (Phi) is 11.0. The molecule has 0 spiro atoms. The Hall–Kier alpha value is -4.48. The first-order valence-electron chi connectivity index (χ1n) is 11.5. The molecule has 0 atom stereocenters. The topological polar surface area (TPSA) is 106 Å². The summed E-state index contributed by atoms with van der Waals surface area (Å²) < 4.78 is 44.9. The van der Waals surface area contributed by atoms with E-state index in [4.69, 9.17) is 34.3 Å². The number of nitrogens with one attached hydrogen (secondary N) is 2. The zero-order valence-electron chi connectivity index (χ0n) is 20.7. The maximum Gasteiger partial charge on any atom is 0.230 e. The lowest BCUT2D eigenvalue weighted by Gasteiger charge is -2.12. The molecule has 12 heteroatoms. The predicted octanol–water partition coefficient (Wildman–Crippen LogP) is 5.92. The number of amides is 1. The SMILES string of the molecule is Nc1cc(Oc2ccc(NC(=S)NC(=O)Cc3ccc(F)cc3)cc2F)ccn1.O=C(Cl)Cc1ccc(F)cc1. The quantitative estimate of drug-likeness (QED) is 0.182. The molecule has 7 nitrogen and oxygen atoms in total. The van der Waals surface area contributed by atoms with Crippen LogP contribution in [0.15, 0.2) is 85.1 Å². The summed E-state index contributed by atoms with van der Waals surface area (Å²) in [6, 6.07) is 18.4. The number of ether oxygens (including phenoxy) is 1. The third-order valence-corrected chi connectivity index (χ3v) is 5.30. The van der Waals surface area contributed by atoms with Gasteiger partial charge in [-0.1, -0.05) is 24.3 Å². The van der Waals surface area contributed by atoms with Crippen molar-refractivity contribution in [3.05, 3.63) is 114 Å². The van der Waals surface area contributed by atoms with E-state index in [2.05, 4.69) is 15.6 Å². The summed E-state index contributed by atoms with van der Waals surface area (Å²) in [7, 11) is 0. The van der Waals surface area contributed by atoms with Crippen LogP contribution in [-0.4, -0.2) is 21.2 Å². The molecule has 1 aromatic heterocycles. The number of carbonyl (C=O) groups is 2. The molecule has 0 saturated heterocycles. The fourth-order valence-corrected chi connectivity index (χ4v) is 3.55. The smallest absolute Gasteiger partial charge is 0.230 e. The van der Waals surface area contributed by atoms with Crippen LogP contribution >= 0.6 is 23.8 Å². The zero-order chi connectivity index (χ0) is 29.1. The number of benzene rings is 3. The summed E-state index contributed by atoms with van der Waals surface area (Å²) in [5.41, 5.74) is 7.26. The molecule has 0 aliphatic heterocycles. The van der Waals surface area contributed by atoms with E-state index >= 15 is 0 Å². The van der Waals surface area contributed by atoms with E-state index in [1.54, 1.807) is 12.1 Å². The summed E-state index contributed by atoms with van der Waals surface area (Å²) in [6.07, 6.45) is 1.63.